The van der Waals surface area contributed by atoms with Crippen molar-refractivity contribution in [2.24, 2.45) is 40.4 Å². The van der Waals surface area contributed by atoms with Gasteiger partial charge in [-0.3, -0.25) is 18.7 Å². The molecule has 8 unspecified atom stereocenters. The van der Waals surface area contributed by atoms with E-state index in [0.29, 0.717) is 32.1 Å². The van der Waals surface area contributed by atoms with E-state index in [4.69, 9.17) is 27.3 Å². The SMILES string of the molecule is C=C(CCC)OC[C@H]1O[C@H](OC2CC(C(=O)O)C3CCC45CC(CCC4C3(C)C2)C(=C)[C@@H]5O)C(OC(=O)CC(C)C)[C@H](OS(=O)(=O)O)[C@@H]1OS(=O)(=O)O. The van der Waals surface area contributed by atoms with Crippen molar-refractivity contribution in [3.63, 3.8) is 0 Å². The van der Waals surface area contributed by atoms with Crippen molar-refractivity contribution in [3.05, 3.63) is 24.5 Å². The second-order valence-corrected chi connectivity index (χ2v) is 18.3. The van der Waals surface area contributed by atoms with E-state index in [2.05, 4.69) is 13.2 Å². The number of hydrogen-bond donors (Lipinski definition) is 4. The van der Waals surface area contributed by atoms with Gasteiger partial charge in [-0.15, -0.1) is 0 Å². The lowest BCUT2D eigenvalue weighted by atomic mass is 9.43. The van der Waals surface area contributed by atoms with E-state index in [1.807, 2.05) is 13.8 Å². The molecular formula is C35H54O16S2. The Morgan fingerprint density at radius 1 is 1.02 bits per heavy atom. The average molecular weight is 795 g/mol. The molecular weight excluding hydrogens is 741 g/mol. The third-order valence-corrected chi connectivity index (χ3v) is 13.2. The summed E-state index contributed by atoms with van der Waals surface area (Å²) in [5, 5.41) is 22.1. The first-order valence-electron chi connectivity index (χ1n) is 18.3. The number of ether oxygens (including phenoxy) is 4. The third kappa shape index (κ3) is 8.96. The number of aliphatic hydroxyl groups is 1. The van der Waals surface area contributed by atoms with Crippen LogP contribution < -0.4 is 0 Å². The molecule has 18 heteroatoms. The highest BCUT2D eigenvalue weighted by Crippen LogP contribution is 2.70. The molecule has 1 spiro atoms. The van der Waals surface area contributed by atoms with E-state index in [9.17, 15) is 45.7 Å². The fourth-order valence-electron chi connectivity index (χ4n) is 10.4. The molecule has 0 aromatic carbocycles. The second kappa shape index (κ2) is 15.8. The Labute approximate surface area is 311 Å². The molecule has 0 amide bonds. The van der Waals surface area contributed by atoms with Crippen LogP contribution in [0.4, 0.5) is 0 Å². The number of carbonyl (C=O) groups is 2. The van der Waals surface area contributed by atoms with Crippen molar-refractivity contribution >= 4 is 32.7 Å². The third-order valence-electron chi connectivity index (χ3n) is 12.3. The molecule has 2 bridgehead atoms. The molecule has 5 aliphatic rings. The summed E-state index contributed by atoms with van der Waals surface area (Å²) in [6, 6.07) is 0. The van der Waals surface area contributed by atoms with Gasteiger partial charge >= 0.3 is 32.7 Å². The van der Waals surface area contributed by atoms with Gasteiger partial charge in [0, 0.05) is 18.3 Å². The molecule has 4 aliphatic carbocycles. The number of carboxylic acids is 1. The Morgan fingerprint density at radius 3 is 2.28 bits per heavy atom. The number of carboxylic acid groups (broad SMARTS) is 1. The summed E-state index contributed by atoms with van der Waals surface area (Å²) in [5.41, 5.74) is -0.304. The van der Waals surface area contributed by atoms with Crippen LogP contribution in [-0.2, 0) is 57.7 Å². The lowest BCUT2D eigenvalue weighted by Gasteiger charge is -2.62. The summed E-state index contributed by atoms with van der Waals surface area (Å²) in [6.45, 7) is 14.8. The summed E-state index contributed by atoms with van der Waals surface area (Å²) >= 11 is 0. The van der Waals surface area contributed by atoms with E-state index < -0.39 is 99.0 Å². The number of carbonyl (C=O) groups excluding carboxylic acids is 1. The summed E-state index contributed by atoms with van der Waals surface area (Å²) in [6.07, 6.45) is -6.45. The van der Waals surface area contributed by atoms with Crippen LogP contribution in [-0.4, -0.2) is 97.6 Å². The highest BCUT2D eigenvalue weighted by atomic mass is 32.3. The molecule has 0 aromatic rings. The summed E-state index contributed by atoms with van der Waals surface area (Å²) < 4.78 is 102. The topological polar surface area (TPSA) is 239 Å². The summed E-state index contributed by atoms with van der Waals surface area (Å²) in [5.74, 6) is -2.93. The molecule has 53 heavy (non-hydrogen) atoms. The quantitative estimate of drug-likeness (QED) is 0.0602. The van der Waals surface area contributed by atoms with Crippen LogP contribution in [0.1, 0.15) is 91.9 Å². The van der Waals surface area contributed by atoms with Crippen LogP contribution >= 0.6 is 0 Å². The minimum Gasteiger partial charge on any atom is -0.496 e. The van der Waals surface area contributed by atoms with Gasteiger partial charge in [0.25, 0.3) is 0 Å². The van der Waals surface area contributed by atoms with Crippen molar-refractivity contribution in [3.8, 4) is 0 Å². The monoisotopic (exact) mass is 794 g/mol. The smallest absolute Gasteiger partial charge is 0.397 e. The van der Waals surface area contributed by atoms with Crippen LogP contribution in [0.25, 0.3) is 0 Å². The van der Waals surface area contributed by atoms with Gasteiger partial charge in [0.05, 0.1) is 23.9 Å². The predicted octanol–water partition coefficient (Wildman–Crippen LogP) is 4.01. The van der Waals surface area contributed by atoms with Gasteiger partial charge in [-0.05, 0) is 86.0 Å². The molecule has 1 aliphatic heterocycles. The zero-order chi connectivity index (χ0) is 39.3. The van der Waals surface area contributed by atoms with Gasteiger partial charge in [0.2, 0.25) is 0 Å². The van der Waals surface area contributed by atoms with E-state index in [1.165, 1.54) is 0 Å². The molecule has 5 rings (SSSR count). The van der Waals surface area contributed by atoms with Gasteiger partial charge in [-0.2, -0.15) is 16.8 Å². The molecule has 302 valence electrons. The molecule has 16 nitrogen and oxygen atoms in total. The number of rotatable bonds is 15. The standard InChI is InChI=1S/C35H54O16S2/c1-7-8-19(4)46-17-25-28(50-52(40,41)42)29(51-53(43,44)45)30(49-27(36)13-18(2)3)33(48-25)47-22-14-23(32(38)39)24-11-12-35-15-21(20(5)31(35)37)9-10-26(35)34(24,6)16-22/h18,21-26,28-31,33,37H,4-5,7-17H2,1-3,6H3,(H,38,39)(H,40,41,42)(H,43,44,45)/t21?,22?,23?,24?,25-,26?,28-,29-,30?,31+,33+,34?,35?/m1/s1. The van der Waals surface area contributed by atoms with E-state index in [-0.39, 0.29) is 42.3 Å². The predicted molar refractivity (Wildman–Crippen MR) is 185 cm³/mol. The largest absolute Gasteiger partial charge is 0.496 e. The Morgan fingerprint density at radius 2 is 1.68 bits per heavy atom. The first-order valence-corrected chi connectivity index (χ1v) is 21.0. The Kier molecular flexibility index (Phi) is 12.5. The van der Waals surface area contributed by atoms with Gasteiger partial charge in [0.1, 0.15) is 18.8 Å². The van der Waals surface area contributed by atoms with Crippen LogP contribution in [0.15, 0.2) is 24.5 Å². The van der Waals surface area contributed by atoms with Gasteiger partial charge in [-0.1, -0.05) is 40.9 Å². The number of fused-ring (bicyclic) bond motifs is 3. The Hall–Kier alpha value is -2.16. The molecule has 4 saturated carbocycles. The molecule has 1 heterocycles. The number of hydrogen-bond acceptors (Lipinski definition) is 13. The van der Waals surface area contributed by atoms with E-state index in [0.717, 1.165) is 24.8 Å². The van der Waals surface area contributed by atoms with E-state index >= 15 is 0 Å². The lowest BCUT2D eigenvalue weighted by Crippen LogP contribution is -2.64. The van der Waals surface area contributed by atoms with Gasteiger partial charge in [0.15, 0.2) is 18.5 Å². The molecule has 13 atom stereocenters. The van der Waals surface area contributed by atoms with Crippen molar-refractivity contribution in [1.82, 2.24) is 0 Å². The number of allylic oxidation sites excluding steroid dienone is 1. The van der Waals surface area contributed by atoms with Crippen LogP contribution in [0.3, 0.4) is 0 Å². The normalized spacial score (nSPS) is 39.9. The highest BCUT2D eigenvalue weighted by molar-refractivity contribution is 7.81. The average Bonchev–Trinajstić information content (AvgIpc) is 3.20. The zero-order valence-electron chi connectivity index (χ0n) is 30.6. The van der Waals surface area contributed by atoms with Crippen molar-refractivity contribution in [2.45, 2.75) is 135 Å². The molecule has 4 N–H and O–H groups in total. The summed E-state index contributed by atoms with van der Waals surface area (Å²) in [4.78, 5) is 26.1. The number of aliphatic carboxylic acids is 1. The fraction of sp³-hybridized carbons (Fsp3) is 0.829. The van der Waals surface area contributed by atoms with Crippen LogP contribution in [0.2, 0.25) is 0 Å². The molecule has 0 radical (unpaired) electrons. The minimum absolute atomic E-state index is 0.00294. The van der Waals surface area contributed by atoms with Crippen molar-refractivity contribution in [1.29, 1.82) is 0 Å². The second-order valence-electron chi connectivity index (χ2n) is 16.2. The number of aliphatic hydroxyl groups excluding tert-OH is 1. The minimum atomic E-state index is -5.42. The highest BCUT2D eigenvalue weighted by Gasteiger charge is 2.67. The lowest BCUT2D eigenvalue weighted by molar-refractivity contribution is -0.316. The maximum Gasteiger partial charge on any atom is 0.397 e. The molecule has 5 fully saturated rings. The van der Waals surface area contributed by atoms with Gasteiger partial charge in [-0.25, -0.2) is 8.37 Å². The summed E-state index contributed by atoms with van der Waals surface area (Å²) in [7, 11) is -10.8. The Bertz CT molecular complexity index is 1630. The van der Waals surface area contributed by atoms with E-state index in [1.54, 1.807) is 13.8 Å². The first kappa shape index (κ1) is 42.0. The van der Waals surface area contributed by atoms with Crippen molar-refractivity contribution in [2.75, 3.05) is 6.61 Å². The zero-order valence-corrected chi connectivity index (χ0v) is 32.3. The van der Waals surface area contributed by atoms with Gasteiger partial charge < -0.3 is 29.2 Å². The van der Waals surface area contributed by atoms with Crippen molar-refractivity contribution < 1.29 is 73.1 Å². The number of esters is 1. The van der Waals surface area contributed by atoms with Crippen LogP contribution in [0.5, 0.6) is 0 Å². The fourth-order valence-corrected chi connectivity index (χ4v) is 11.4. The maximum atomic E-state index is 13.1. The first-order chi connectivity index (χ1) is 24.6. The maximum absolute atomic E-state index is 13.1. The molecule has 0 aromatic heterocycles. The Balaban J connectivity index is 1.54. The molecule has 1 saturated heterocycles. The van der Waals surface area contributed by atoms with Crippen LogP contribution in [0, 0.1) is 40.4 Å².